The van der Waals surface area contributed by atoms with Crippen LogP contribution in [0.3, 0.4) is 0 Å². The number of nitrogens with one attached hydrogen (secondary N) is 1. The van der Waals surface area contributed by atoms with E-state index in [2.05, 4.69) is 46.0 Å². The number of carbonyl (C=O) groups excluding carboxylic acids is 1. The average Bonchev–Trinajstić information content (AvgIpc) is 3.13. The van der Waals surface area contributed by atoms with Crippen LogP contribution in [-0.4, -0.2) is 59.8 Å². The highest BCUT2D eigenvalue weighted by molar-refractivity contribution is 7.09. The maximum absolute atomic E-state index is 12.3. The molecule has 0 radical (unpaired) electrons. The van der Waals surface area contributed by atoms with E-state index in [4.69, 9.17) is 4.98 Å². The third-order valence-electron chi connectivity index (χ3n) is 4.88. The highest BCUT2D eigenvalue weighted by Gasteiger charge is 2.31. The standard InChI is InChI=1S/C21H27F3N4O2S/c1-20(2,3)17-14-31-19(26-17)13-28-10-8-27(9-11-28)12-18(29)25-15-4-6-16(7-5-15)30-21(22,23)24/h4-7,14H,8-13H2,1-3H3,(H,25,29). The molecule has 6 nitrogen and oxygen atoms in total. The van der Waals surface area contributed by atoms with Crippen LogP contribution in [0.15, 0.2) is 29.6 Å². The molecule has 0 unspecified atom stereocenters. The van der Waals surface area contributed by atoms with Crippen molar-refractivity contribution in [3.8, 4) is 5.75 Å². The summed E-state index contributed by atoms with van der Waals surface area (Å²) in [6.45, 7) is 10.7. The lowest BCUT2D eigenvalue weighted by molar-refractivity contribution is -0.274. The number of halogens is 3. The molecule has 1 aromatic carbocycles. The Morgan fingerprint density at radius 3 is 2.26 bits per heavy atom. The second-order valence-electron chi connectivity index (χ2n) is 8.55. The van der Waals surface area contributed by atoms with Gasteiger partial charge in [0.05, 0.1) is 18.8 Å². The molecule has 0 aliphatic carbocycles. The number of ether oxygens (including phenoxy) is 1. The highest BCUT2D eigenvalue weighted by atomic mass is 32.1. The fraction of sp³-hybridized carbons (Fsp3) is 0.524. The minimum atomic E-state index is -4.73. The van der Waals surface area contributed by atoms with Gasteiger partial charge in [-0.05, 0) is 24.3 Å². The first-order chi connectivity index (χ1) is 14.5. The van der Waals surface area contributed by atoms with Gasteiger partial charge in [0.1, 0.15) is 10.8 Å². The Kier molecular flexibility index (Phi) is 7.23. The fourth-order valence-corrected chi connectivity index (χ4v) is 4.23. The molecule has 1 aliphatic heterocycles. The number of benzene rings is 1. The predicted molar refractivity (Wildman–Crippen MR) is 114 cm³/mol. The topological polar surface area (TPSA) is 57.7 Å². The Morgan fingerprint density at radius 2 is 1.71 bits per heavy atom. The molecule has 3 rings (SSSR count). The van der Waals surface area contributed by atoms with Gasteiger partial charge >= 0.3 is 6.36 Å². The van der Waals surface area contributed by atoms with E-state index in [0.29, 0.717) is 5.69 Å². The fourth-order valence-electron chi connectivity index (χ4n) is 3.17. The van der Waals surface area contributed by atoms with Crippen molar-refractivity contribution in [1.29, 1.82) is 0 Å². The van der Waals surface area contributed by atoms with Crippen LogP contribution in [0.4, 0.5) is 18.9 Å². The van der Waals surface area contributed by atoms with Gasteiger partial charge in [0.2, 0.25) is 5.91 Å². The largest absolute Gasteiger partial charge is 0.573 e. The Bertz CT molecular complexity index is 870. The number of carbonyl (C=O) groups is 1. The number of rotatable bonds is 6. The summed E-state index contributed by atoms with van der Waals surface area (Å²) < 4.78 is 40.4. The van der Waals surface area contributed by atoms with Gasteiger partial charge in [-0.2, -0.15) is 0 Å². The van der Waals surface area contributed by atoms with Crippen LogP contribution in [-0.2, 0) is 16.8 Å². The molecule has 1 fully saturated rings. The summed E-state index contributed by atoms with van der Waals surface area (Å²) in [5.41, 5.74) is 1.59. The van der Waals surface area contributed by atoms with Crippen molar-refractivity contribution < 1.29 is 22.7 Å². The van der Waals surface area contributed by atoms with Crippen LogP contribution >= 0.6 is 11.3 Å². The van der Waals surface area contributed by atoms with Gasteiger partial charge in [0.25, 0.3) is 0 Å². The molecule has 1 aromatic heterocycles. The van der Waals surface area contributed by atoms with Crippen molar-refractivity contribution in [2.24, 2.45) is 0 Å². The van der Waals surface area contributed by atoms with Crippen molar-refractivity contribution in [2.75, 3.05) is 38.0 Å². The third-order valence-corrected chi connectivity index (χ3v) is 5.72. The summed E-state index contributed by atoms with van der Waals surface area (Å²) in [5.74, 6) is -0.524. The first kappa shape index (κ1) is 23.5. The van der Waals surface area contributed by atoms with E-state index in [1.54, 1.807) is 11.3 Å². The first-order valence-electron chi connectivity index (χ1n) is 10.0. The first-order valence-corrected chi connectivity index (χ1v) is 10.9. The van der Waals surface area contributed by atoms with E-state index >= 15 is 0 Å². The predicted octanol–water partition coefficient (Wildman–Crippen LogP) is 4.10. The van der Waals surface area contributed by atoms with Crippen molar-refractivity contribution in [3.05, 3.63) is 40.3 Å². The van der Waals surface area contributed by atoms with E-state index in [-0.39, 0.29) is 23.6 Å². The van der Waals surface area contributed by atoms with Crippen molar-refractivity contribution in [1.82, 2.24) is 14.8 Å². The average molecular weight is 457 g/mol. The zero-order chi connectivity index (χ0) is 22.6. The van der Waals surface area contributed by atoms with E-state index in [1.165, 1.54) is 24.3 Å². The van der Waals surface area contributed by atoms with Crippen LogP contribution in [0.2, 0.25) is 0 Å². The number of amides is 1. The number of piperazine rings is 1. The molecule has 1 amide bonds. The molecule has 1 N–H and O–H groups in total. The maximum atomic E-state index is 12.3. The summed E-state index contributed by atoms with van der Waals surface area (Å²) >= 11 is 1.68. The molecule has 2 heterocycles. The number of aromatic nitrogens is 1. The Balaban J connectivity index is 1.41. The zero-order valence-corrected chi connectivity index (χ0v) is 18.6. The maximum Gasteiger partial charge on any atom is 0.573 e. The van der Waals surface area contributed by atoms with E-state index < -0.39 is 6.36 Å². The normalized spacial score (nSPS) is 16.3. The quantitative estimate of drug-likeness (QED) is 0.710. The number of alkyl halides is 3. The second-order valence-corrected chi connectivity index (χ2v) is 9.49. The number of nitrogens with zero attached hydrogens (tertiary/aromatic N) is 3. The minimum absolute atomic E-state index is 0.0481. The summed E-state index contributed by atoms with van der Waals surface area (Å²) in [6, 6.07) is 5.12. The molecule has 10 heteroatoms. The van der Waals surface area contributed by atoms with E-state index in [1.807, 2.05) is 0 Å². The summed E-state index contributed by atoms with van der Waals surface area (Å²) in [5, 5.41) is 5.94. The van der Waals surface area contributed by atoms with Crippen LogP contribution in [0, 0.1) is 0 Å². The molecule has 31 heavy (non-hydrogen) atoms. The molecular weight excluding hydrogens is 429 g/mol. The number of hydrogen-bond donors (Lipinski definition) is 1. The van der Waals surface area contributed by atoms with Gasteiger partial charge in [-0.15, -0.1) is 24.5 Å². The monoisotopic (exact) mass is 456 g/mol. The van der Waals surface area contributed by atoms with Gasteiger partial charge in [0, 0.05) is 42.7 Å². The van der Waals surface area contributed by atoms with Gasteiger partial charge in [-0.3, -0.25) is 14.6 Å². The highest BCUT2D eigenvalue weighted by Crippen LogP contribution is 2.25. The zero-order valence-electron chi connectivity index (χ0n) is 17.8. The van der Waals surface area contributed by atoms with E-state index in [9.17, 15) is 18.0 Å². The lowest BCUT2D eigenvalue weighted by Gasteiger charge is -2.33. The SMILES string of the molecule is CC(C)(C)c1csc(CN2CCN(CC(=O)Nc3ccc(OC(F)(F)F)cc3)CC2)n1. The summed E-state index contributed by atoms with van der Waals surface area (Å²) in [7, 11) is 0. The van der Waals surface area contributed by atoms with Crippen LogP contribution < -0.4 is 10.1 Å². The molecule has 0 bridgehead atoms. The van der Waals surface area contributed by atoms with Crippen LogP contribution in [0.1, 0.15) is 31.5 Å². The molecule has 2 aromatic rings. The minimum Gasteiger partial charge on any atom is -0.406 e. The smallest absolute Gasteiger partial charge is 0.406 e. The van der Waals surface area contributed by atoms with E-state index in [0.717, 1.165) is 43.4 Å². The lowest BCUT2D eigenvalue weighted by atomic mass is 9.93. The molecule has 170 valence electrons. The van der Waals surface area contributed by atoms with Crippen molar-refractivity contribution >= 4 is 22.9 Å². The van der Waals surface area contributed by atoms with Gasteiger partial charge < -0.3 is 10.1 Å². The lowest BCUT2D eigenvalue weighted by Crippen LogP contribution is -2.48. The second kappa shape index (κ2) is 9.54. The Labute approximate surface area is 184 Å². The molecule has 0 atom stereocenters. The summed E-state index contributed by atoms with van der Waals surface area (Å²) in [4.78, 5) is 21.4. The van der Waals surface area contributed by atoms with Crippen LogP contribution in [0.25, 0.3) is 0 Å². The van der Waals surface area contributed by atoms with Crippen molar-refractivity contribution in [2.45, 2.75) is 39.1 Å². The number of thiazole rings is 1. The third kappa shape index (κ3) is 7.48. The molecule has 0 spiro atoms. The molecule has 0 saturated carbocycles. The molecular formula is C21H27F3N4O2S. The van der Waals surface area contributed by atoms with Gasteiger partial charge in [-0.1, -0.05) is 20.8 Å². The van der Waals surface area contributed by atoms with Crippen molar-refractivity contribution in [3.63, 3.8) is 0 Å². The molecule has 1 saturated heterocycles. The summed E-state index contributed by atoms with van der Waals surface area (Å²) in [6.07, 6.45) is -4.73. The Hall–Kier alpha value is -2.17. The van der Waals surface area contributed by atoms with Crippen LogP contribution in [0.5, 0.6) is 5.75 Å². The van der Waals surface area contributed by atoms with Gasteiger partial charge in [-0.25, -0.2) is 4.98 Å². The molecule has 1 aliphatic rings. The Morgan fingerprint density at radius 1 is 1.10 bits per heavy atom. The van der Waals surface area contributed by atoms with Gasteiger partial charge in [0.15, 0.2) is 0 Å². The number of hydrogen-bond acceptors (Lipinski definition) is 6. The number of anilines is 1.